The third-order valence-corrected chi connectivity index (χ3v) is 4.02. The van der Waals surface area contributed by atoms with Gasteiger partial charge in [-0.1, -0.05) is 37.5 Å². The molecule has 0 aromatic heterocycles. The SMILES string of the molecule is O=C(COc1ccccc1)NCC1(CO)CCCCC1. The highest BCUT2D eigenvalue weighted by Gasteiger charge is 2.31. The van der Waals surface area contributed by atoms with Crippen molar-refractivity contribution in [2.24, 2.45) is 5.41 Å². The highest BCUT2D eigenvalue weighted by Crippen LogP contribution is 2.35. The third kappa shape index (κ3) is 4.23. The Morgan fingerprint density at radius 2 is 1.90 bits per heavy atom. The lowest BCUT2D eigenvalue weighted by molar-refractivity contribution is -0.123. The van der Waals surface area contributed by atoms with Crippen LogP contribution in [0.25, 0.3) is 0 Å². The molecular formula is C16H23NO3. The number of amides is 1. The number of hydrogen-bond donors (Lipinski definition) is 2. The summed E-state index contributed by atoms with van der Waals surface area (Å²) in [6.45, 7) is 0.707. The Kier molecular flexibility index (Phi) is 5.41. The van der Waals surface area contributed by atoms with Gasteiger partial charge in [0.05, 0.1) is 6.61 Å². The molecule has 2 rings (SSSR count). The molecule has 1 aliphatic carbocycles. The quantitative estimate of drug-likeness (QED) is 0.837. The van der Waals surface area contributed by atoms with Gasteiger partial charge in [-0.3, -0.25) is 4.79 Å². The van der Waals surface area contributed by atoms with Crippen molar-refractivity contribution >= 4 is 5.91 Å². The minimum absolute atomic E-state index is 0.0194. The average Bonchev–Trinajstić information content (AvgIpc) is 2.53. The number of para-hydroxylation sites is 1. The molecule has 0 aliphatic heterocycles. The van der Waals surface area contributed by atoms with Gasteiger partial charge >= 0.3 is 0 Å². The fourth-order valence-corrected chi connectivity index (χ4v) is 2.70. The summed E-state index contributed by atoms with van der Waals surface area (Å²) in [6.07, 6.45) is 5.48. The van der Waals surface area contributed by atoms with E-state index in [0.717, 1.165) is 25.7 Å². The Hall–Kier alpha value is -1.55. The molecule has 2 N–H and O–H groups in total. The number of ether oxygens (including phenoxy) is 1. The van der Waals surface area contributed by atoms with Crippen LogP contribution in [0.4, 0.5) is 0 Å². The van der Waals surface area contributed by atoms with E-state index in [4.69, 9.17) is 4.74 Å². The maximum Gasteiger partial charge on any atom is 0.257 e. The molecule has 0 saturated heterocycles. The topological polar surface area (TPSA) is 58.6 Å². The molecule has 1 aromatic carbocycles. The summed E-state index contributed by atoms with van der Waals surface area (Å²) in [5.74, 6) is 0.560. The van der Waals surface area contributed by atoms with Gasteiger partial charge in [0.25, 0.3) is 5.91 Å². The molecule has 0 bridgehead atoms. The van der Waals surface area contributed by atoms with Crippen LogP contribution in [-0.2, 0) is 4.79 Å². The van der Waals surface area contributed by atoms with Crippen LogP contribution in [0, 0.1) is 5.41 Å². The zero-order valence-corrected chi connectivity index (χ0v) is 11.8. The highest BCUT2D eigenvalue weighted by molar-refractivity contribution is 5.77. The lowest BCUT2D eigenvalue weighted by Gasteiger charge is -2.35. The lowest BCUT2D eigenvalue weighted by Crippen LogP contribution is -2.42. The molecule has 20 heavy (non-hydrogen) atoms. The molecule has 0 unspecified atom stereocenters. The number of rotatable bonds is 6. The summed E-state index contributed by atoms with van der Waals surface area (Å²) in [4.78, 5) is 11.8. The Labute approximate surface area is 120 Å². The second-order valence-electron chi connectivity index (χ2n) is 5.60. The van der Waals surface area contributed by atoms with Gasteiger partial charge in [-0.15, -0.1) is 0 Å². The highest BCUT2D eigenvalue weighted by atomic mass is 16.5. The monoisotopic (exact) mass is 277 g/mol. The van der Waals surface area contributed by atoms with E-state index in [0.29, 0.717) is 12.3 Å². The van der Waals surface area contributed by atoms with Crippen molar-refractivity contribution in [3.05, 3.63) is 30.3 Å². The first-order valence-electron chi connectivity index (χ1n) is 7.30. The maximum absolute atomic E-state index is 11.8. The van der Waals surface area contributed by atoms with Crippen LogP contribution in [0.3, 0.4) is 0 Å². The molecule has 1 aliphatic rings. The van der Waals surface area contributed by atoms with Crippen LogP contribution >= 0.6 is 0 Å². The molecule has 1 aromatic rings. The molecule has 4 nitrogen and oxygen atoms in total. The van der Waals surface area contributed by atoms with Gasteiger partial charge in [-0.2, -0.15) is 0 Å². The van der Waals surface area contributed by atoms with E-state index in [-0.39, 0.29) is 24.5 Å². The first-order chi connectivity index (χ1) is 9.74. The first kappa shape index (κ1) is 14.9. The van der Waals surface area contributed by atoms with Gasteiger partial charge < -0.3 is 15.2 Å². The molecule has 0 radical (unpaired) electrons. The number of aliphatic hydroxyl groups is 1. The number of carbonyl (C=O) groups is 1. The van der Waals surface area contributed by atoms with E-state index in [1.807, 2.05) is 30.3 Å². The van der Waals surface area contributed by atoms with E-state index in [1.54, 1.807) is 0 Å². The summed E-state index contributed by atoms with van der Waals surface area (Å²) in [5, 5.41) is 12.5. The van der Waals surface area contributed by atoms with Crippen LogP contribution in [0.5, 0.6) is 5.75 Å². The lowest BCUT2D eigenvalue weighted by atomic mass is 9.74. The van der Waals surface area contributed by atoms with Gasteiger partial charge in [0.1, 0.15) is 5.75 Å². The van der Waals surface area contributed by atoms with Gasteiger partial charge in [0.2, 0.25) is 0 Å². The fraction of sp³-hybridized carbons (Fsp3) is 0.562. The Morgan fingerprint density at radius 1 is 1.20 bits per heavy atom. The minimum Gasteiger partial charge on any atom is -0.484 e. The van der Waals surface area contributed by atoms with Gasteiger partial charge in [0, 0.05) is 12.0 Å². The summed E-state index contributed by atoms with van der Waals surface area (Å²) < 4.78 is 5.40. The number of hydrogen-bond acceptors (Lipinski definition) is 3. The second kappa shape index (κ2) is 7.29. The van der Waals surface area contributed by atoms with Crippen LogP contribution in [-0.4, -0.2) is 30.8 Å². The zero-order chi connectivity index (χ0) is 14.3. The smallest absolute Gasteiger partial charge is 0.257 e. The molecular weight excluding hydrogens is 254 g/mol. The fourth-order valence-electron chi connectivity index (χ4n) is 2.70. The molecule has 1 fully saturated rings. The third-order valence-electron chi connectivity index (χ3n) is 4.02. The minimum atomic E-state index is -0.132. The van der Waals surface area contributed by atoms with Crippen LogP contribution in [0.15, 0.2) is 30.3 Å². The number of nitrogens with one attached hydrogen (secondary N) is 1. The van der Waals surface area contributed by atoms with E-state index < -0.39 is 0 Å². The molecule has 110 valence electrons. The van der Waals surface area contributed by atoms with Gasteiger partial charge in [-0.05, 0) is 25.0 Å². The van der Waals surface area contributed by atoms with E-state index in [9.17, 15) is 9.90 Å². The van der Waals surface area contributed by atoms with Crippen molar-refractivity contribution in [1.82, 2.24) is 5.32 Å². The van der Waals surface area contributed by atoms with Crippen molar-refractivity contribution in [2.45, 2.75) is 32.1 Å². The van der Waals surface area contributed by atoms with Crippen molar-refractivity contribution in [3.63, 3.8) is 0 Å². The predicted molar refractivity (Wildman–Crippen MR) is 77.6 cm³/mol. The normalized spacial score (nSPS) is 17.4. The molecule has 1 saturated carbocycles. The van der Waals surface area contributed by atoms with Crippen molar-refractivity contribution in [1.29, 1.82) is 0 Å². The summed E-state index contributed by atoms with van der Waals surface area (Å²) in [5.41, 5.74) is -0.124. The maximum atomic E-state index is 11.8. The van der Waals surface area contributed by atoms with Crippen molar-refractivity contribution in [2.75, 3.05) is 19.8 Å². The molecule has 0 spiro atoms. The number of benzene rings is 1. The molecule has 0 heterocycles. The number of carbonyl (C=O) groups excluding carboxylic acids is 1. The van der Waals surface area contributed by atoms with E-state index in [2.05, 4.69) is 5.32 Å². The van der Waals surface area contributed by atoms with E-state index >= 15 is 0 Å². The van der Waals surface area contributed by atoms with Crippen LogP contribution in [0.2, 0.25) is 0 Å². The molecule has 0 atom stereocenters. The number of aliphatic hydroxyl groups excluding tert-OH is 1. The zero-order valence-electron chi connectivity index (χ0n) is 11.8. The van der Waals surface area contributed by atoms with E-state index in [1.165, 1.54) is 6.42 Å². The first-order valence-corrected chi connectivity index (χ1v) is 7.30. The Bertz CT molecular complexity index is 413. The van der Waals surface area contributed by atoms with Gasteiger partial charge in [-0.25, -0.2) is 0 Å². The Balaban J connectivity index is 1.74. The van der Waals surface area contributed by atoms with Gasteiger partial charge in [0.15, 0.2) is 6.61 Å². The largest absolute Gasteiger partial charge is 0.484 e. The van der Waals surface area contributed by atoms with Crippen LogP contribution < -0.4 is 10.1 Å². The standard InChI is InChI=1S/C16H23NO3/c18-13-16(9-5-2-6-10-16)12-17-15(19)11-20-14-7-3-1-4-8-14/h1,3-4,7-8,18H,2,5-6,9-13H2,(H,17,19). The summed E-state index contributed by atoms with van der Waals surface area (Å²) >= 11 is 0. The summed E-state index contributed by atoms with van der Waals surface area (Å²) in [7, 11) is 0. The molecule has 1 amide bonds. The summed E-state index contributed by atoms with van der Waals surface area (Å²) in [6, 6.07) is 9.29. The average molecular weight is 277 g/mol. The molecule has 4 heteroatoms. The van der Waals surface area contributed by atoms with Crippen LogP contribution in [0.1, 0.15) is 32.1 Å². The predicted octanol–water partition coefficient (Wildman–Crippen LogP) is 2.12. The second-order valence-corrected chi connectivity index (χ2v) is 5.60. The van der Waals surface area contributed by atoms with Crippen molar-refractivity contribution in [3.8, 4) is 5.75 Å². The van der Waals surface area contributed by atoms with Crippen molar-refractivity contribution < 1.29 is 14.6 Å². The Morgan fingerprint density at radius 3 is 2.55 bits per heavy atom.